The topological polar surface area (TPSA) is 53.4 Å². The number of thiazole rings is 1. The maximum atomic E-state index is 10.9. The smallest absolute Gasteiger partial charge is 0.355 e. The highest BCUT2D eigenvalue weighted by Crippen LogP contribution is 2.35. The molecule has 0 atom stereocenters. The van der Waals surface area contributed by atoms with Crippen LogP contribution >= 0.6 is 11.3 Å². The van der Waals surface area contributed by atoms with Gasteiger partial charge in [-0.2, -0.15) is 0 Å². The lowest BCUT2D eigenvalue weighted by atomic mass is 9.97. The number of aromatic nitrogens is 1. The quantitative estimate of drug-likeness (QED) is 0.915. The number of aromatic carboxylic acids is 1. The zero-order valence-electron chi connectivity index (χ0n) is 10.6. The van der Waals surface area contributed by atoms with E-state index in [9.17, 15) is 4.79 Å². The molecule has 1 aromatic carbocycles. The molecule has 0 fully saturated rings. The van der Waals surface area contributed by atoms with E-state index < -0.39 is 5.97 Å². The number of hydrogen-bond acceptors (Lipinski definition) is 4. The van der Waals surface area contributed by atoms with Crippen molar-refractivity contribution in [2.24, 2.45) is 0 Å². The van der Waals surface area contributed by atoms with Gasteiger partial charge >= 0.3 is 5.97 Å². The van der Waals surface area contributed by atoms with Crippen molar-refractivity contribution in [3.8, 4) is 10.6 Å². The Labute approximate surface area is 115 Å². The minimum absolute atomic E-state index is 0.127. The Kier molecular flexibility index (Phi) is 2.98. The van der Waals surface area contributed by atoms with E-state index in [-0.39, 0.29) is 5.69 Å². The van der Waals surface area contributed by atoms with Crippen LogP contribution in [0.3, 0.4) is 0 Å². The van der Waals surface area contributed by atoms with Gasteiger partial charge in [0.05, 0.1) is 0 Å². The largest absolute Gasteiger partial charge is 0.476 e. The Morgan fingerprint density at radius 3 is 3.05 bits per heavy atom. The molecule has 3 rings (SSSR count). The summed E-state index contributed by atoms with van der Waals surface area (Å²) in [6.45, 7) is 1.06. The molecule has 0 saturated heterocycles. The fraction of sp³-hybridized carbons (Fsp3) is 0.286. The van der Waals surface area contributed by atoms with Gasteiger partial charge in [0, 0.05) is 30.2 Å². The summed E-state index contributed by atoms with van der Waals surface area (Å²) in [7, 11) is 2.09. The SMILES string of the molecule is CN1CCCc2c(-c3nc(C(=O)O)cs3)cccc21. The predicted molar refractivity (Wildman–Crippen MR) is 76.1 cm³/mol. The second-order valence-corrected chi connectivity index (χ2v) is 5.53. The molecule has 4 nitrogen and oxygen atoms in total. The van der Waals surface area contributed by atoms with Gasteiger partial charge in [-0.3, -0.25) is 0 Å². The Morgan fingerprint density at radius 1 is 1.47 bits per heavy atom. The van der Waals surface area contributed by atoms with E-state index in [2.05, 4.69) is 23.0 Å². The van der Waals surface area contributed by atoms with Gasteiger partial charge in [0.1, 0.15) is 5.01 Å². The van der Waals surface area contributed by atoms with Gasteiger partial charge in [0.15, 0.2) is 5.69 Å². The lowest BCUT2D eigenvalue weighted by Gasteiger charge is -2.28. The molecule has 5 heteroatoms. The van der Waals surface area contributed by atoms with Crippen LogP contribution in [-0.4, -0.2) is 29.7 Å². The van der Waals surface area contributed by atoms with Crippen LogP contribution in [0.1, 0.15) is 22.5 Å². The van der Waals surface area contributed by atoms with Crippen LogP contribution in [0, 0.1) is 0 Å². The van der Waals surface area contributed by atoms with E-state index >= 15 is 0 Å². The molecule has 1 aliphatic rings. The van der Waals surface area contributed by atoms with Crippen LogP contribution in [0.15, 0.2) is 23.6 Å². The molecule has 0 saturated carbocycles. The van der Waals surface area contributed by atoms with Crippen molar-refractivity contribution in [2.45, 2.75) is 12.8 Å². The van der Waals surface area contributed by atoms with E-state index in [0.717, 1.165) is 30.0 Å². The minimum Gasteiger partial charge on any atom is -0.476 e. The van der Waals surface area contributed by atoms with Crippen LogP contribution in [0.25, 0.3) is 10.6 Å². The summed E-state index contributed by atoms with van der Waals surface area (Å²) < 4.78 is 0. The van der Waals surface area contributed by atoms with Crippen LogP contribution < -0.4 is 4.90 Å². The first-order valence-corrected chi connectivity index (χ1v) is 7.07. The molecule has 1 N–H and O–H groups in total. The monoisotopic (exact) mass is 274 g/mol. The first-order valence-electron chi connectivity index (χ1n) is 6.19. The molecule has 0 unspecified atom stereocenters. The maximum absolute atomic E-state index is 10.9. The molecule has 0 aliphatic carbocycles. The predicted octanol–water partition coefficient (Wildman–Crippen LogP) is 2.89. The van der Waals surface area contributed by atoms with Gasteiger partial charge in [0.25, 0.3) is 0 Å². The summed E-state index contributed by atoms with van der Waals surface area (Å²) in [4.78, 5) is 17.4. The fourth-order valence-electron chi connectivity index (χ4n) is 2.50. The summed E-state index contributed by atoms with van der Waals surface area (Å²) >= 11 is 1.39. The summed E-state index contributed by atoms with van der Waals surface area (Å²) in [6.07, 6.45) is 2.15. The lowest BCUT2D eigenvalue weighted by Crippen LogP contribution is -2.24. The molecule has 0 spiro atoms. The third-order valence-corrected chi connectivity index (χ3v) is 4.31. The Balaban J connectivity index is 2.09. The van der Waals surface area contributed by atoms with E-state index in [1.807, 2.05) is 12.1 Å². The van der Waals surface area contributed by atoms with Gasteiger partial charge in [-0.05, 0) is 24.5 Å². The molecule has 2 aromatic rings. The average Bonchev–Trinajstić information content (AvgIpc) is 2.88. The number of carboxylic acid groups (broad SMARTS) is 1. The number of benzene rings is 1. The highest BCUT2D eigenvalue weighted by atomic mass is 32.1. The minimum atomic E-state index is -0.968. The second kappa shape index (κ2) is 4.66. The number of anilines is 1. The molecule has 0 amide bonds. The van der Waals surface area contributed by atoms with Crippen molar-refractivity contribution >= 4 is 23.0 Å². The van der Waals surface area contributed by atoms with Gasteiger partial charge < -0.3 is 10.0 Å². The van der Waals surface area contributed by atoms with Crippen LogP contribution in [0.5, 0.6) is 0 Å². The summed E-state index contributed by atoms with van der Waals surface area (Å²) in [5.74, 6) is -0.968. The molecule has 1 aromatic heterocycles. The number of carboxylic acids is 1. The van der Waals surface area contributed by atoms with Gasteiger partial charge in [-0.25, -0.2) is 9.78 Å². The number of nitrogens with zero attached hydrogens (tertiary/aromatic N) is 2. The van der Waals surface area contributed by atoms with E-state index in [1.54, 1.807) is 5.38 Å². The number of hydrogen-bond donors (Lipinski definition) is 1. The van der Waals surface area contributed by atoms with Crippen molar-refractivity contribution in [3.63, 3.8) is 0 Å². The van der Waals surface area contributed by atoms with Gasteiger partial charge in [0.2, 0.25) is 0 Å². The molecule has 19 heavy (non-hydrogen) atoms. The van der Waals surface area contributed by atoms with Crippen LogP contribution in [0.4, 0.5) is 5.69 Å². The average molecular weight is 274 g/mol. The molecular formula is C14H14N2O2S. The summed E-state index contributed by atoms with van der Waals surface area (Å²) in [6, 6.07) is 6.16. The van der Waals surface area contributed by atoms with Crippen molar-refractivity contribution < 1.29 is 9.90 Å². The molecule has 0 bridgehead atoms. The third-order valence-electron chi connectivity index (χ3n) is 3.44. The first kappa shape index (κ1) is 12.2. The fourth-order valence-corrected chi connectivity index (χ4v) is 3.35. The standard InChI is InChI=1S/C14H14N2O2S/c1-16-7-3-5-9-10(4-2-6-12(9)16)13-15-11(8-19-13)14(17)18/h2,4,6,8H,3,5,7H2,1H3,(H,17,18). The van der Waals surface area contributed by atoms with Crippen molar-refractivity contribution in [1.82, 2.24) is 4.98 Å². The van der Waals surface area contributed by atoms with E-state index in [0.29, 0.717) is 0 Å². The summed E-state index contributed by atoms with van der Waals surface area (Å²) in [5.41, 5.74) is 3.71. The highest BCUT2D eigenvalue weighted by molar-refractivity contribution is 7.13. The van der Waals surface area contributed by atoms with Crippen molar-refractivity contribution in [3.05, 3.63) is 34.8 Å². The molecule has 0 radical (unpaired) electrons. The number of carbonyl (C=O) groups is 1. The molecule has 1 aliphatic heterocycles. The van der Waals surface area contributed by atoms with Gasteiger partial charge in [-0.15, -0.1) is 11.3 Å². The Morgan fingerprint density at radius 2 is 2.32 bits per heavy atom. The van der Waals surface area contributed by atoms with Gasteiger partial charge in [-0.1, -0.05) is 12.1 Å². The highest BCUT2D eigenvalue weighted by Gasteiger charge is 2.19. The molecule has 2 heterocycles. The van der Waals surface area contributed by atoms with E-state index in [1.165, 1.54) is 22.6 Å². The lowest BCUT2D eigenvalue weighted by molar-refractivity contribution is 0.0691. The zero-order valence-corrected chi connectivity index (χ0v) is 11.4. The molecule has 98 valence electrons. The second-order valence-electron chi connectivity index (χ2n) is 4.67. The molecular weight excluding hydrogens is 260 g/mol. The van der Waals surface area contributed by atoms with Crippen molar-refractivity contribution in [1.29, 1.82) is 0 Å². The first-order chi connectivity index (χ1) is 9.16. The van der Waals surface area contributed by atoms with E-state index in [4.69, 9.17) is 5.11 Å². The van der Waals surface area contributed by atoms with Crippen LogP contribution in [-0.2, 0) is 6.42 Å². The normalized spacial score (nSPS) is 14.3. The van der Waals surface area contributed by atoms with Crippen molar-refractivity contribution in [2.75, 3.05) is 18.5 Å². The third kappa shape index (κ3) is 2.10. The number of fused-ring (bicyclic) bond motifs is 1. The van der Waals surface area contributed by atoms with Crippen LogP contribution in [0.2, 0.25) is 0 Å². The Hall–Kier alpha value is -1.88. The zero-order chi connectivity index (χ0) is 13.4. The maximum Gasteiger partial charge on any atom is 0.355 e. The Bertz CT molecular complexity index is 636. The number of rotatable bonds is 2. The summed E-state index contributed by atoms with van der Waals surface area (Å²) in [5, 5.41) is 11.4.